The van der Waals surface area contributed by atoms with Crippen molar-refractivity contribution in [1.29, 1.82) is 0 Å². The van der Waals surface area contributed by atoms with Crippen LogP contribution in [0.25, 0.3) is 0 Å². The Bertz CT molecular complexity index is 1130. The summed E-state index contributed by atoms with van der Waals surface area (Å²) >= 11 is 0. The van der Waals surface area contributed by atoms with E-state index in [9.17, 15) is 23.7 Å². The van der Waals surface area contributed by atoms with Gasteiger partial charge in [0.1, 0.15) is 19.8 Å². The standard InChI is InChI=1S/C26H31O11P/c1-4-38(31,36-17-15-34-25(29)21-7-5-20(6-8-21)19(2)27)37-18-16-35-26(30)23-11-9-22(10-12-23)24(28)33-14-13-32-3/h5-12H,4,13-18H2,1-3H3. The van der Waals surface area contributed by atoms with Gasteiger partial charge in [-0.15, -0.1) is 0 Å². The first-order chi connectivity index (χ1) is 18.2. The number of esters is 3. The van der Waals surface area contributed by atoms with Crippen LogP contribution in [0.1, 0.15) is 55.3 Å². The molecule has 206 valence electrons. The fraction of sp³-hybridized carbons (Fsp3) is 0.385. The highest BCUT2D eigenvalue weighted by Crippen LogP contribution is 2.47. The molecule has 2 aromatic carbocycles. The van der Waals surface area contributed by atoms with Crippen molar-refractivity contribution in [2.45, 2.75) is 13.8 Å². The van der Waals surface area contributed by atoms with Crippen LogP contribution in [-0.2, 0) is 32.6 Å². The van der Waals surface area contributed by atoms with Crippen LogP contribution in [0.15, 0.2) is 48.5 Å². The molecule has 0 saturated heterocycles. The first kappa shape index (κ1) is 30.9. The van der Waals surface area contributed by atoms with Crippen molar-refractivity contribution in [3.63, 3.8) is 0 Å². The van der Waals surface area contributed by atoms with Crippen molar-refractivity contribution < 1.29 is 51.7 Å². The summed E-state index contributed by atoms with van der Waals surface area (Å²) in [6.07, 6.45) is 0.0589. The highest BCUT2D eigenvalue weighted by Gasteiger charge is 2.22. The zero-order valence-corrected chi connectivity index (χ0v) is 22.4. The normalized spacial score (nSPS) is 12.3. The fourth-order valence-corrected chi connectivity index (χ4v) is 4.04. The van der Waals surface area contributed by atoms with Crippen LogP contribution < -0.4 is 0 Å². The zero-order chi connectivity index (χ0) is 28.0. The molecule has 38 heavy (non-hydrogen) atoms. The molecule has 0 aliphatic heterocycles. The van der Waals surface area contributed by atoms with Crippen LogP contribution in [-0.4, -0.2) is 76.6 Å². The molecule has 0 heterocycles. The summed E-state index contributed by atoms with van der Waals surface area (Å²) < 4.78 is 43.3. The number of carbonyl (C=O) groups is 4. The van der Waals surface area contributed by atoms with E-state index >= 15 is 0 Å². The van der Waals surface area contributed by atoms with Crippen LogP contribution in [0.3, 0.4) is 0 Å². The molecule has 0 bridgehead atoms. The summed E-state index contributed by atoms with van der Waals surface area (Å²) in [5.74, 6) is -1.92. The molecule has 1 unspecified atom stereocenters. The molecule has 11 nitrogen and oxygen atoms in total. The summed E-state index contributed by atoms with van der Waals surface area (Å²) in [5.41, 5.74) is 1.23. The van der Waals surface area contributed by atoms with Crippen LogP contribution in [0.5, 0.6) is 0 Å². The molecule has 0 aliphatic rings. The van der Waals surface area contributed by atoms with Gasteiger partial charge in [-0.1, -0.05) is 19.1 Å². The lowest BCUT2D eigenvalue weighted by Gasteiger charge is -2.17. The molecule has 12 heteroatoms. The van der Waals surface area contributed by atoms with E-state index in [1.807, 2.05) is 0 Å². The Kier molecular flexibility index (Phi) is 12.8. The lowest BCUT2D eigenvalue weighted by Crippen LogP contribution is -2.14. The summed E-state index contributed by atoms with van der Waals surface area (Å²) in [7, 11) is -2.00. The van der Waals surface area contributed by atoms with E-state index in [2.05, 4.69) is 0 Å². The van der Waals surface area contributed by atoms with Gasteiger partial charge in [-0.25, -0.2) is 14.4 Å². The van der Waals surface area contributed by atoms with Gasteiger partial charge in [0.15, 0.2) is 5.78 Å². The van der Waals surface area contributed by atoms with Gasteiger partial charge in [-0.3, -0.25) is 9.36 Å². The van der Waals surface area contributed by atoms with Crippen molar-refractivity contribution >= 4 is 31.3 Å². The molecule has 0 amide bonds. The van der Waals surface area contributed by atoms with Crippen LogP contribution >= 0.6 is 7.60 Å². The Morgan fingerprint density at radius 2 is 0.947 bits per heavy atom. The van der Waals surface area contributed by atoms with Crippen LogP contribution in [0, 0.1) is 0 Å². The number of Topliss-reactive ketones (excluding diaryl/α,β-unsaturated/α-hetero) is 1. The minimum Gasteiger partial charge on any atom is -0.460 e. The first-order valence-electron chi connectivity index (χ1n) is 11.8. The number of ether oxygens (including phenoxy) is 4. The van der Waals surface area contributed by atoms with Crippen molar-refractivity contribution in [2.75, 3.05) is 52.9 Å². The quantitative estimate of drug-likeness (QED) is 0.0986. The minimum absolute atomic E-state index is 0.0589. The van der Waals surface area contributed by atoms with Crippen molar-refractivity contribution in [2.24, 2.45) is 0 Å². The topological polar surface area (TPSA) is 141 Å². The lowest BCUT2D eigenvalue weighted by molar-refractivity contribution is 0.0380. The van der Waals surface area contributed by atoms with Crippen LogP contribution in [0.2, 0.25) is 0 Å². The number of ketones is 1. The molecular formula is C26H31O11P. The lowest BCUT2D eigenvalue weighted by atomic mass is 10.1. The zero-order valence-electron chi connectivity index (χ0n) is 21.5. The average molecular weight is 550 g/mol. The second-order valence-corrected chi connectivity index (χ2v) is 10.1. The molecule has 1 atom stereocenters. The number of rotatable bonds is 16. The largest absolute Gasteiger partial charge is 0.460 e. The monoisotopic (exact) mass is 550 g/mol. The Hall–Kier alpha value is -3.37. The van der Waals surface area contributed by atoms with E-state index in [-0.39, 0.29) is 68.3 Å². The van der Waals surface area contributed by atoms with E-state index < -0.39 is 25.5 Å². The van der Waals surface area contributed by atoms with Gasteiger partial charge < -0.3 is 28.0 Å². The van der Waals surface area contributed by atoms with Gasteiger partial charge in [-0.05, 0) is 43.3 Å². The Morgan fingerprint density at radius 1 is 0.605 bits per heavy atom. The van der Waals surface area contributed by atoms with Crippen molar-refractivity contribution in [1.82, 2.24) is 0 Å². The third kappa shape index (κ3) is 10.2. The molecule has 0 aromatic heterocycles. The molecule has 0 spiro atoms. The van der Waals surface area contributed by atoms with E-state index in [1.165, 1.54) is 62.6 Å². The van der Waals surface area contributed by atoms with E-state index in [0.29, 0.717) is 5.56 Å². The molecule has 2 aromatic rings. The van der Waals surface area contributed by atoms with Crippen LogP contribution in [0.4, 0.5) is 0 Å². The Balaban J connectivity index is 1.70. The van der Waals surface area contributed by atoms with Gasteiger partial charge in [-0.2, -0.15) is 0 Å². The molecule has 0 N–H and O–H groups in total. The predicted octanol–water partition coefficient (Wildman–Crippen LogP) is 3.95. The maximum Gasteiger partial charge on any atom is 0.338 e. The molecule has 0 radical (unpaired) electrons. The van der Waals surface area contributed by atoms with E-state index in [0.717, 1.165) is 0 Å². The predicted molar refractivity (Wildman–Crippen MR) is 136 cm³/mol. The van der Waals surface area contributed by atoms with Gasteiger partial charge >= 0.3 is 25.5 Å². The molecule has 0 aliphatic carbocycles. The molecule has 2 rings (SSSR count). The summed E-state index contributed by atoms with van der Waals surface area (Å²) in [5, 5.41) is 0. The van der Waals surface area contributed by atoms with Crippen molar-refractivity contribution in [3.8, 4) is 0 Å². The average Bonchev–Trinajstić information content (AvgIpc) is 2.93. The minimum atomic E-state index is -3.49. The molecule has 0 fully saturated rings. The third-order valence-corrected chi connectivity index (χ3v) is 6.93. The molecule has 0 saturated carbocycles. The number of methoxy groups -OCH3 is 1. The maximum absolute atomic E-state index is 12.7. The summed E-state index contributed by atoms with van der Waals surface area (Å²) in [6, 6.07) is 11.7. The number of benzene rings is 2. The van der Waals surface area contributed by atoms with Gasteiger partial charge in [0.05, 0.1) is 36.5 Å². The van der Waals surface area contributed by atoms with Crippen molar-refractivity contribution in [3.05, 3.63) is 70.8 Å². The highest BCUT2D eigenvalue weighted by molar-refractivity contribution is 7.53. The second-order valence-electron chi connectivity index (χ2n) is 7.71. The first-order valence-corrected chi connectivity index (χ1v) is 13.5. The second kappa shape index (κ2) is 15.8. The smallest absolute Gasteiger partial charge is 0.338 e. The fourth-order valence-electron chi connectivity index (χ4n) is 2.89. The third-order valence-electron chi connectivity index (χ3n) is 5.00. The number of hydrogen-bond donors (Lipinski definition) is 0. The summed E-state index contributed by atoms with van der Waals surface area (Å²) in [4.78, 5) is 47.5. The SMILES string of the molecule is CCP(=O)(OCCOC(=O)c1ccc(C(C)=O)cc1)OCCOC(=O)c1ccc(C(=O)OCCOC)cc1. The number of hydrogen-bond acceptors (Lipinski definition) is 11. The maximum atomic E-state index is 12.7. The van der Waals surface area contributed by atoms with Gasteiger partial charge in [0.2, 0.25) is 0 Å². The van der Waals surface area contributed by atoms with E-state index in [1.54, 1.807) is 6.92 Å². The van der Waals surface area contributed by atoms with E-state index in [4.69, 9.17) is 28.0 Å². The Labute approximate surface area is 220 Å². The summed E-state index contributed by atoms with van der Waals surface area (Å²) in [6.45, 7) is 2.74. The number of carbonyl (C=O) groups excluding carboxylic acids is 4. The van der Waals surface area contributed by atoms with Gasteiger partial charge in [0, 0.05) is 18.8 Å². The highest BCUT2D eigenvalue weighted by atomic mass is 31.2. The van der Waals surface area contributed by atoms with Gasteiger partial charge in [0.25, 0.3) is 0 Å². The molecular weight excluding hydrogens is 519 g/mol. The Morgan fingerprint density at radius 3 is 1.26 bits per heavy atom.